The standard InChI is InChI=1S/C8H4ClI2N3/c9-5-2-1-3-12-8(5)14-4-13-6(10)7(14)11/h1-4H. The molecule has 2 aromatic heterocycles. The van der Waals surface area contributed by atoms with E-state index in [0.717, 1.165) is 7.40 Å². The topological polar surface area (TPSA) is 30.7 Å². The van der Waals surface area contributed by atoms with Crippen LogP contribution >= 0.6 is 56.8 Å². The summed E-state index contributed by atoms with van der Waals surface area (Å²) in [6.45, 7) is 0. The third kappa shape index (κ3) is 1.89. The zero-order valence-corrected chi connectivity index (χ0v) is 11.9. The molecule has 0 amide bonds. The van der Waals surface area contributed by atoms with E-state index in [2.05, 4.69) is 55.1 Å². The van der Waals surface area contributed by atoms with Crippen LogP contribution in [0.15, 0.2) is 24.7 Å². The van der Waals surface area contributed by atoms with Gasteiger partial charge in [0.25, 0.3) is 0 Å². The second-order valence-electron chi connectivity index (χ2n) is 2.51. The summed E-state index contributed by atoms with van der Waals surface area (Å²) in [6.07, 6.45) is 3.43. The molecule has 6 heteroatoms. The molecule has 2 aromatic rings. The molecule has 72 valence electrons. The average molecular weight is 431 g/mol. The Morgan fingerprint density at radius 1 is 1.29 bits per heavy atom. The van der Waals surface area contributed by atoms with Crippen LogP contribution in [0, 0.1) is 7.40 Å². The molecule has 0 aliphatic heterocycles. The largest absolute Gasteiger partial charge is 0.276 e. The van der Waals surface area contributed by atoms with Crippen molar-refractivity contribution in [2.75, 3.05) is 0 Å². The Labute approximate surface area is 113 Å². The van der Waals surface area contributed by atoms with Crippen molar-refractivity contribution in [1.82, 2.24) is 14.5 Å². The lowest BCUT2D eigenvalue weighted by molar-refractivity contribution is 0.970. The van der Waals surface area contributed by atoms with E-state index in [0.29, 0.717) is 10.8 Å². The number of pyridine rings is 1. The Morgan fingerprint density at radius 2 is 2.07 bits per heavy atom. The van der Waals surface area contributed by atoms with Gasteiger partial charge in [-0.1, -0.05) is 11.6 Å². The lowest BCUT2D eigenvalue weighted by atomic mass is 10.4. The minimum atomic E-state index is 0.624. The lowest BCUT2D eigenvalue weighted by Crippen LogP contribution is -1.98. The van der Waals surface area contributed by atoms with E-state index < -0.39 is 0 Å². The highest BCUT2D eigenvalue weighted by molar-refractivity contribution is 14.1. The van der Waals surface area contributed by atoms with Gasteiger partial charge in [0.15, 0.2) is 5.82 Å². The van der Waals surface area contributed by atoms with Crippen molar-refractivity contribution in [3.05, 3.63) is 37.1 Å². The Balaban J connectivity index is 2.60. The molecule has 14 heavy (non-hydrogen) atoms. The van der Waals surface area contributed by atoms with Crippen molar-refractivity contribution in [3.63, 3.8) is 0 Å². The number of halogens is 3. The third-order valence-electron chi connectivity index (χ3n) is 1.64. The normalized spacial score (nSPS) is 10.5. The minimum absolute atomic E-state index is 0.624. The Morgan fingerprint density at radius 3 is 2.64 bits per heavy atom. The molecular weight excluding hydrogens is 427 g/mol. The summed E-state index contributed by atoms with van der Waals surface area (Å²) >= 11 is 10.4. The highest BCUT2D eigenvalue weighted by Crippen LogP contribution is 2.22. The second kappa shape index (κ2) is 4.31. The summed E-state index contributed by atoms with van der Waals surface area (Å²) in [5.41, 5.74) is 0. The van der Waals surface area contributed by atoms with Gasteiger partial charge in [0.1, 0.15) is 13.7 Å². The first-order valence-electron chi connectivity index (χ1n) is 3.69. The number of nitrogens with zero attached hydrogens (tertiary/aromatic N) is 3. The SMILES string of the molecule is Clc1cccnc1-n1cnc(I)c1I. The number of rotatable bonds is 1. The molecule has 0 radical (unpaired) electrons. The van der Waals surface area contributed by atoms with Crippen molar-refractivity contribution in [2.24, 2.45) is 0 Å². The van der Waals surface area contributed by atoms with E-state index in [4.69, 9.17) is 11.6 Å². The second-order valence-corrected chi connectivity index (χ2v) is 4.96. The zero-order chi connectivity index (χ0) is 10.1. The highest BCUT2D eigenvalue weighted by Gasteiger charge is 2.10. The van der Waals surface area contributed by atoms with Gasteiger partial charge in [-0.05, 0) is 57.3 Å². The summed E-state index contributed by atoms with van der Waals surface area (Å²) in [6, 6.07) is 3.62. The number of aromatic nitrogens is 3. The first-order chi connectivity index (χ1) is 6.70. The lowest BCUT2D eigenvalue weighted by Gasteiger charge is -2.04. The van der Waals surface area contributed by atoms with E-state index in [9.17, 15) is 0 Å². The summed E-state index contributed by atoms with van der Waals surface area (Å²) in [7, 11) is 0. The molecule has 2 rings (SSSR count). The van der Waals surface area contributed by atoms with Crippen LogP contribution in [0.1, 0.15) is 0 Å². The fourth-order valence-corrected chi connectivity index (χ4v) is 2.10. The van der Waals surface area contributed by atoms with Crippen molar-refractivity contribution in [1.29, 1.82) is 0 Å². The van der Waals surface area contributed by atoms with E-state index in [1.54, 1.807) is 18.6 Å². The van der Waals surface area contributed by atoms with Gasteiger partial charge >= 0.3 is 0 Å². The molecule has 0 N–H and O–H groups in total. The number of hydrogen-bond donors (Lipinski definition) is 0. The van der Waals surface area contributed by atoms with Crippen LogP contribution in [0.25, 0.3) is 5.82 Å². The monoisotopic (exact) mass is 431 g/mol. The van der Waals surface area contributed by atoms with Crippen LogP contribution in [0.4, 0.5) is 0 Å². The Kier molecular flexibility index (Phi) is 3.27. The van der Waals surface area contributed by atoms with Gasteiger partial charge in [-0.3, -0.25) is 4.57 Å². The highest BCUT2D eigenvalue weighted by atomic mass is 127. The fraction of sp³-hybridized carbons (Fsp3) is 0. The van der Waals surface area contributed by atoms with E-state index in [1.165, 1.54) is 0 Å². The molecular formula is C8H4ClI2N3. The third-order valence-corrected chi connectivity index (χ3v) is 4.78. The minimum Gasteiger partial charge on any atom is -0.276 e. The van der Waals surface area contributed by atoms with Crippen molar-refractivity contribution in [2.45, 2.75) is 0 Å². The Hall–Kier alpha value is 0.110. The number of imidazole rings is 1. The van der Waals surface area contributed by atoms with Crippen LogP contribution in [-0.2, 0) is 0 Å². The molecule has 0 bridgehead atoms. The number of hydrogen-bond acceptors (Lipinski definition) is 2. The van der Waals surface area contributed by atoms with Crippen molar-refractivity contribution in [3.8, 4) is 5.82 Å². The maximum Gasteiger partial charge on any atom is 0.157 e. The summed E-state index contributed by atoms with van der Waals surface area (Å²) in [4.78, 5) is 8.38. The zero-order valence-electron chi connectivity index (χ0n) is 6.78. The molecule has 0 aliphatic rings. The van der Waals surface area contributed by atoms with Gasteiger partial charge in [-0.25, -0.2) is 9.97 Å². The molecule has 0 saturated carbocycles. The quantitative estimate of drug-likeness (QED) is 0.650. The summed E-state index contributed by atoms with van der Waals surface area (Å²) in [5.74, 6) is 0.717. The van der Waals surface area contributed by atoms with Crippen LogP contribution in [-0.4, -0.2) is 14.5 Å². The predicted octanol–water partition coefficient (Wildman–Crippen LogP) is 3.13. The Bertz CT molecular complexity index is 469. The maximum absolute atomic E-state index is 6.02. The molecule has 0 saturated heterocycles. The van der Waals surface area contributed by atoms with E-state index in [-0.39, 0.29) is 0 Å². The van der Waals surface area contributed by atoms with Crippen LogP contribution < -0.4 is 0 Å². The van der Waals surface area contributed by atoms with Crippen LogP contribution in [0.5, 0.6) is 0 Å². The molecule has 0 spiro atoms. The van der Waals surface area contributed by atoms with Crippen molar-refractivity contribution < 1.29 is 0 Å². The molecule has 3 nitrogen and oxygen atoms in total. The molecule has 2 heterocycles. The maximum atomic E-state index is 6.02. The molecule has 0 aromatic carbocycles. The van der Waals surface area contributed by atoms with Gasteiger partial charge in [-0.2, -0.15) is 0 Å². The fourth-order valence-electron chi connectivity index (χ4n) is 1.01. The first kappa shape index (κ1) is 10.6. The van der Waals surface area contributed by atoms with Gasteiger partial charge in [-0.15, -0.1) is 0 Å². The van der Waals surface area contributed by atoms with Gasteiger partial charge in [0.05, 0.1) is 5.02 Å². The van der Waals surface area contributed by atoms with Crippen LogP contribution in [0.2, 0.25) is 5.02 Å². The molecule has 0 unspecified atom stereocenters. The van der Waals surface area contributed by atoms with E-state index in [1.807, 2.05) is 10.6 Å². The molecule has 0 aliphatic carbocycles. The summed E-state index contributed by atoms with van der Waals surface area (Å²) < 4.78 is 3.83. The van der Waals surface area contributed by atoms with Crippen LogP contribution in [0.3, 0.4) is 0 Å². The van der Waals surface area contributed by atoms with Gasteiger partial charge in [0, 0.05) is 6.20 Å². The van der Waals surface area contributed by atoms with E-state index >= 15 is 0 Å². The summed E-state index contributed by atoms with van der Waals surface area (Å²) in [5, 5.41) is 0.624. The first-order valence-corrected chi connectivity index (χ1v) is 6.23. The average Bonchev–Trinajstić information content (AvgIpc) is 2.49. The molecule has 0 fully saturated rings. The predicted molar refractivity (Wildman–Crippen MR) is 71.8 cm³/mol. The smallest absolute Gasteiger partial charge is 0.157 e. The van der Waals surface area contributed by atoms with Crippen molar-refractivity contribution >= 4 is 56.8 Å². The molecule has 0 atom stereocenters. The van der Waals surface area contributed by atoms with Gasteiger partial charge in [0.2, 0.25) is 0 Å². The van der Waals surface area contributed by atoms with Gasteiger partial charge < -0.3 is 0 Å².